The molecule has 2 aromatic carbocycles. The first-order valence-corrected chi connectivity index (χ1v) is 8.80. The molecule has 0 unspecified atom stereocenters. The first kappa shape index (κ1) is 18.9. The number of halogens is 2. The number of ether oxygens (including phenoxy) is 2. The van der Waals surface area contributed by atoms with E-state index in [1.807, 2.05) is 0 Å². The molecule has 0 saturated carbocycles. The highest BCUT2D eigenvalue weighted by Crippen LogP contribution is 2.35. The van der Waals surface area contributed by atoms with Crippen LogP contribution in [0.15, 0.2) is 59.5 Å². The van der Waals surface area contributed by atoms with Gasteiger partial charge in [-0.25, -0.2) is 8.42 Å². The van der Waals surface area contributed by atoms with Crippen molar-refractivity contribution < 1.29 is 26.7 Å². The van der Waals surface area contributed by atoms with Crippen molar-refractivity contribution in [3.8, 4) is 11.5 Å². The fraction of sp³-hybridized carbons (Fsp3) is 0.222. The number of rotatable bonds is 6. The third kappa shape index (κ3) is 3.82. The lowest BCUT2D eigenvalue weighted by Crippen LogP contribution is -2.26. The van der Waals surface area contributed by atoms with Gasteiger partial charge in [0.05, 0.1) is 19.1 Å². The molecule has 0 spiro atoms. The molecule has 4 nitrogen and oxygen atoms in total. The Hall–Kier alpha value is -2.41. The third-order valence-electron chi connectivity index (χ3n) is 3.64. The molecule has 25 heavy (non-hydrogen) atoms. The molecule has 0 bridgehead atoms. The van der Waals surface area contributed by atoms with Gasteiger partial charge in [-0.15, -0.1) is 0 Å². The van der Waals surface area contributed by atoms with Gasteiger partial charge in [0.25, 0.3) is 0 Å². The molecule has 0 fully saturated rings. The van der Waals surface area contributed by atoms with E-state index < -0.39 is 20.0 Å². The number of hydrogen-bond donors (Lipinski definition) is 0. The van der Waals surface area contributed by atoms with E-state index in [1.54, 1.807) is 18.2 Å². The van der Waals surface area contributed by atoms with Crippen molar-refractivity contribution in [2.24, 2.45) is 0 Å². The average Bonchev–Trinajstić information content (AvgIpc) is 2.61. The first-order chi connectivity index (χ1) is 11.7. The Morgan fingerprint density at radius 1 is 1.00 bits per heavy atom. The summed E-state index contributed by atoms with van der Waals surface area (Å²) in [6.07, 6.45) is 0.441. The molecule has 0 heterocycles. The maximum atomic E-state index is 14.4. The molecular weight excluding hydrogens is 350 g/mol. The Balaban J connectivity index is 2.44. The van der Waals surface area contributed by atoms with E-state index in [-0.39, 0.29) is 5.57 Å². The van der Waals surface area contributed by atoms with Gasteiger partial charge in [-0.1, -0.05) is 24.3 Å². The summed E-state index contributed by atoms with van der Waals surface area (Å²) in [5.74, 6) is 0.810. The Labute approximate surface area is 145 Å². The highest BCUT2D eigenvalue weighted by atomic mass is 32.2. The SMILES string of the molecule is COc1ccc(/C(C)=C/C(F)(F)S(=O)(=O)c2ccccc2)cc1OC. The summed E-state index contributed by atoms with van der Waals surface area (Å²) in [6.45, 7) is 1.41. The maximum Gasteiger partial charge on any atom is 0.369 e. The lowest BCUT2D eigenvalue weighted by Gasteiger charge is -2.15. The van der Waals surface area contributed by atoms with Gasteiger partial charge in [0.1, 0.15) is 0 Å². The minimum absolute atomic E-state index is 0.102. The molecule has 0 aliphatic carbocycles. The monoisotopic (exact) mass is 368 g/mol. The summed E-state index contributed by atoms with van der Waals surface area (Å²) in [5, 5.41) is -4.05. The second kappa shape index (κ2) is 7.23. The van der Waals surface area contributed by atoms with Crippen molar-refractivity contribution in [2.75, 3.05) is 14.2 Å². The lowest BCUT2D eigenvalue weighted by molar-refractivity contribution is 0.147. The number of benzene rings is 2. The molecular formula is C18H18F2O4S. The maximum absolute atomic E-state index is 14.4. The standard InChI is InChI=1S/C18H18F2O4S/c1-13(14-9-10-16(23-2)17(11-14)24-3)12-18(19,20)25(21,22)15-7-5-4-6-8-15/h4-12H,1-3H3/b13-12+. The van der Waals surface area contributed by atoms with E-state index >= 15 is 0 Å². The molecule has 0 aliphatic heterocycles. The van der Waals surface area contributed by atoms with Crippen LogP contribution in [0.5, 0.6) is 11.5 Å². The summed E-state index contributed by atoms with van der Waals surface area (Å²) < 4.78 is 63.5. The fourth-order valence-electron chi connectivity index (χ4n) is 2.25. The zero-order valence-corrected chi connectivity index (χ0v) is 14.8. The largest absolute Gasteiger partial charge is 0.493 e. The van der Waals surface area contributed by atoms with Crippen molar-refractivity contribution in [3.05, 3.63) is 60.2 Å². The van der Waals surface area contributed by atoms with E-state index in [4.69, 9.17) is 9.47 Å². The molecule has 2 aromatic rings. The number of hydrogen-bond acceptors (Lipinski definition) is 4. The van der Waals surface area contributed by atoms with Crippen LogP contribution in [-0.4, -0.2) is 27.9 Å². The molecule has 7 heteroatoms. The van der Waals surface area contributed by atoms with Crippen LogP contribution in [0.25, 0.3) is 5.57 Å². The van der Waals surface area contributed by atoms with Crippen molar-refractivity contribution in [1.82, 2.24) is 0 Å². The molecule has 0 N–H and O–H groups in total. The molecule has 0 amide bonds. The first-order valence-electron chi connectivity index (χ1n) is 7.32. The van der Waals surface area contributed by atoms with Crippen molar-refractivity contribution >= 4 is 15.4 Å². The molecule has 134 valence electrons. The van der Waals surface area contributed by atoms with Gasteiger partial charge in [-0.2, -0.15) is 8.78 Å². The Morgan fingerprint density at radius 3 is 2.16 bits per heavy atom. The number of sulfone groups is 1. The highest BCUT2D eigenvalue weighted by molar-refractivity contribution is 7.92. The quantitative estimate of drug-likeness (QED) is 0.768. The molecule has 0 aliphatic rings. The predicted octanol–water partition coefficient (Wildman–Crippen LogP) is 4.17. The van der Waals surface area contributed by atoms with E-state index in [2.05, 4.69) is 0 Å². The second-order valence-corrected chi connectivity index (χ2v) is 7.30. The lowest BCUT2D eigenvalue weighted by atomic mass is 10.1. The van der Waals surface area contributed by atoms with Gasteiger partial charge in [0.15, 0.2) is 11.5 Å². The van der Waals surface area contributed by atoms with Gasteiger partial charge < -0.3 is 9.47 Å². The Bertz CT molecular complexity index is 875. The van der Waals surface area contributed by atoms with Crippen LogP contribution < -0.4 is 9.47 Å². The molecule has 2 rings (SSSR count). The van der Waals surface area contributed by atoms with Gasteiger partial charge in [-0.05, 0) is 42.3 Å². The zero-order valence-electron chi connectivity index (χ0n) is 14.0. The van der Waals surface area contributed by atoms with Gasteiger partial charge in [0.2, 0.25) is 9.84 Å². The molecule has 0 atom stereocenters. The predicted molar refractivity (Wildman–Crippen MR) is 91.8 cm³/mol. The number of methoxy groups -OCH3 is 2. The van der Waals surface area contributed by atoms with Crippen LogP contribution in [0.4, 0.5) is 8.78 Å². The number of allylic oxidation sites excluding steroid dienone is 1. The van der Waals surface area contributed by atoms with Crippen molar-refractivity contribution in [1.29, 1.82) is 0 Å². The molecule has 0 saturated heterocycles. The summed E-state index contributed by atoms with van der Waals surface area (Å²) in [5.41, 5.74) is 0.506. The third-order valence-corrected chi connectivity index (χ3v) is 5.36. The van der Waals surface area contributed by atoms with E-state index in [9.17, 15) is 17.2 Å². The van der Waals surface area contributed by atoms with Crippen LogP contribution in [0.1, 0.15) is 12.5 Å². The van der Waals surface area contributed by atoms with Crippen molar-refractivity contribution in [2.45, 2.75) is 17.1 Å². The summed E-state index contributed by atoms with van der Waals surface area (Å²) >= 11 is 0. The van der Waals surface area contributed by atoms with Gasteiger partial charge in [-0.3, -0.25) is 0 Å². The molecule has 0 aromatic heterocycles. The average molecular weight is 368 g/mol. The van der Waals surface area contributed by atoms with Gasteiger partial charge >= 0.3 is 5.25 Å². The minimum Gasteiger partial charge on any atom is -0.493 e. The van der Waals surface area contributed by atoms with E-state index in [1.165, 1.54) is 39.3 Å². The zero-order chi connectivity index (χ0) is 18.7. The van der Waals surface area contributed by atoms with Crippen molar-refractivity contribution in [3.63, 3.8) is 0 Å². The normalized spacial score (nSPS) is 12.8. The summed E-state index contributed by atoms with van der Waals surface area (Å²) in [4.78, 5) is -0.434. The van der Waals surface area contributed by atoms with Crippen LogP contribution in [-0.2, 0) is 9.84 Å². The minimum atomic E-state index is -4.84. The van der Waals surface area contributed by atoms with E-state index in [0.29, 0.717) is 23.1 Å². The highest BCUT2D eigenvalue weighted by Gasteiger charge is 2.44. The van der Waals surface area contributed by atoms with Gasteiger partial charge in [0, 0.05) is 6.08 Å². The smallest absolute Gasteiger partial charge is 0.369 e. The Morgan fingerprint density at radius 2 is 1.60 bits per heavy atom. The number of alkyl halides is 2. The fourth-order valence-corrected chi connectivity index (χ4v) is 3.41. The van der Waals surface area contributed by atoms with E-state index in [0.717, 1.165) is 12.1 Å². The van der Waals surface area contributed by atoms with Crippen LogP contribution in [0.2, 0.25) is 0 Å². The molecule has 0 radical (unpaired) electrons. The Kier molecular flexibility index (Phi) is 5.47. The topological polar surface area (TPSA) is 52.6 Å². The second-order valence-electron chi connectivity index (χ2n) is 5.28. The van der Waals surface area contributed by atoms with Crippen LogP contribution >= 0.6 is 0 Å². The summed E-state index contributed by atoms with van der Waals surface area (Å²) in [6, 6.07) is 11.3. The van der Waals surface area contributed by atoms with Crippen LogP contribution in [0, 0.1) is 0 Å². The summed E-state index contributed by atoms with van der Waals surface area (Å²) in [7, 11) is -1.95. The van der Waals surface area contributed by atoms with Crippen LogP contribution in [0.3, 0.4) is 0 Å².